The molecule has 1 amide bonds. The molecule has 0 bridgehead atoms. The molecular weight excluding hydrogens is 348 g/mol. The minimum atomic E-state index is 0.234. The average Bonchev–Trinajstić information content (AvgIpc) is 2.68. The van der Waals surface area contributed by atoms with E-state index in [9.17, 15) is 4.79 Å². The van der Waals surface area contributed by atoms with Crippen LogP contribution in [0.4, 0.5) is 5.82 Å². The molecule has 1 aromatic carbocycles. The summed E-state index contributed by atoms with van der Waals surface area (Å²) in [6.07, 6.45) is 9.29. The number of halogens is 1. The number of rotatable bonds is 3. The van der Waals surface area contributed by atoms with Gasteiger partial charge in [0, 0.05) is 35.5 Å². The third kappa shape index (κ3) is 3.78. The van der Waals surface area contributed by atoms with Crippen molar-refractivity contribution in [3.05, 3.63) is 29.5 Å². The Morgan fingerprint density at radius 1 is 1.08 bits per heavy atom. The third-order valence-electron chi connectivity index (χ3n) is 5.69. The number of nitrogens with zero attached hydrogens (tertiary/aromatic N) is 3. The summed E-state index contributed by atoms with van der Waals surface area (Å²) in [6.45, 7) is 1.79. The van der Waals surface area contributed by atoms with E-state index in [1.54, 1.807) is 6.33 Å². The fraction of sp³-hybridized carbons (Fsp3) is 0.550. The highest BCUT2D eigenvalue weighted by Crippen LogP contribution is 2.28. The molecule has 0 radical (unpaired) electrons. The lowest BCUT2D eigenvalue weighted by molar-refractivity contribution is -0.126. The highest BCUT2D eigenvalue weighted by Gasteiger charge is 2.26. The van der Waals surface area contributed by atoms with Gasteiger partial charge < -0.3 is 10.2 Å². The van der Waals surface area contributed by atoms with Crippen LogP contribution in [0.25, 0.3) is 10.9 Å². The number of benzene rings is 1. The van der Waals surface area contributed by atoms with E-state index in [1.807, 2.05) is 18.2 Å². The van der Waals surface area contributed by atoms with E-state index in [-0.39, 0.29) is 17.9 Å². The first-order valence-electron chi connectivity index (χ1n) is 9.66. The molecule has 1 aliphatic heterocycles. The van der Waals surface area contributed by atoms with Crippen molar-refractivity contribution in [3.63, 3.8) is 0 Å². The predicted molar refractivity (Wildman–Crippen MR) is 105 cm³/mol. The number of amides is 1. The first kappa shape index (κ1) is 17.5. The minimum Gasteiger partial charge on any atom is -0.356 e. The maximum Gasteiger partial charge on any atom is 0.223 e. The van der Waals surface area contributed by atoms with Crippen LogP contribution in [0.3, 0.4) is 0 Å². The Balaban J connectivity index is 1.38. The molecular formula is C20H25ClN4O. The lowest BCUT2D eigenvalue weighted by atomic mass is 9.88. The van der Waals surface area contributed by atoms with Gasteiger partial charge in [-0.1, -0.05) is 30.9 Å². The van der Waals surface area contributed by atoms with Crippen LogP contribution >= 0.6 is 11.6 Å². The Morgan fingerprint density at radius 2 is 1.85 bits per heavy atom. The van der Waals surface area contributed by atoms with Gasteiger partial charge in [-0.05, 0) is 43.9 Å². The van der Waals surface area contributed by atoms with Crippen molar-refractivity contribution < 1.29 is 4.79 Å². The highest BCUT2D eigenvalue weighted by molar-refractivity contribution is 6.31. The first-order valence-corrected chi connectivity index (χ1v) is 10.0. The molecule has 26 heavy (non-hydrogen) atoms. The van der Waals surface area contributed by atoms with Crippen molar-refractivity contribution in [3.8, 4) is 0 Å². The maximum atomic E-state index is 12.5. The van der Waals surface area contributed by atoms with Crippen LogP contribution in [0.15, 0.2) is 24.5 Å². The summed E-state index contributed by atoms with van der Waals surface area (Å²) >= 11 is 6.07. The number of aromatic nitrogens is 2. The second-order valence-corrected chi connectivity index (χ2v) is 7.90. The Hall–Kier alpha value is -1.88. The fourth-order valence-corrected chi connectivity index (χ4v) is 4.35. The van der Waals surface area contributed by atoms with E-state index in [1.165, 1.54) is 19.3 Å². The molecule has 4 rings (SSSR count). The van der Waals surface area contributed by atoms with Crippen LogP contribution in [-0.4, -0.2) is 35.0 Å². The Bertz CT molecular complexity index is 782. The largest absolute Gasteiger partial charge is 0.356 e. The van der Waals surface area contributed by atoms with Gasteiger partial charge in [0.15, 0.2) is 0 Å². The topological polar surface area (TPSA) is 58.1 Å². The van der Waals surface area contributed by atoms with E-state index in [4.69, 9.17) is 11.6 Å². The van der Waals surface area contributed by atoms with Gasteiger partial charge in [0.25, 0.3) is 0 Å². The number of piperidine rings is 1. The van der Waals surface area contributed by atoms with E-state index in [2.05, 4.69) is 20.2 Å². The molecule has 1 saturated carbocycles. The number of hydrogen-bond donors (Lipinski definition) is 1. The van der Waals surface area contributed by atoms with E-state index in [0.717, 1.165) is 55.5 Å². The number of anilines is 1. The molecule has 2 aliphatic rings. The van der Waals surface area contributed by atoms with Gasteiger partial charge in [-0.15, -0.1) is 0 Å². The second-order valence-electron chi connectivity index (χ2n) is 7.46. The van der Waals surface area contributed by atoms with E-state index < -0.39 is 0 Å². The molecule has 5 nitrogen and oxygen atoms in total. The van der Waals surface area contributed by atoms with Crippen molar-refractivity contribution in [1.29, 1.82) is 0 Å². The van der Waals surface area contributed by atoms with Crippen molar-refractivity contribution in [2.24, 2.45) is 5.92 Å². The summed E-state index contributed by atoms with van der Waals surface area (Å²) in [4.78, 5) is 23.6. The smallest absolute Gasteiger partial charge is 0.223 e. The van der Waals surface area contributed by atoms with Gasteiger partial charge in [0.2, 0.25) is 5.91 Å². The van der Waals surface area contributed by atoms with Crippen LogP contribution in [-0.2, 0) is 4.79 Å². The van der Waals surface area contributed by atoms with Crippen molar-refractivity contribution in [2.75, 3.05) is 18.0 Å². The SMILES string of the molecule is O=C(NC1CCN(c2ncnc3cc(Cl)ccc23)CC1)C1CCCCC1. The number of nitrogens with one attached hydrogen (secondary N) is 1. The summed E-state index contributed by atoms with van der Waals surface area (Å²) in [5.74, 6) is 1.46. The lowest BCUT2D eigenvalue weighted by Gasteiger charge is -2.34. The zero-order chi connectivity index (χ0) is 17.9. The van der Waals surface area contributed by atoms with Gasteiger partial charge in [-0.25, -0.2) is 9.97 Å². The Morgan fingerprint density at radius 3 is 2.62 bits per heavy atom. The molecule has 2 aromatic rings. The Labute approximate surface area is 159 Å². The third-order valence-corrected chi connectivity index (χ3v) is 5.93. The van der Waals surface area contributed by atoms with E-state index in [0.29, 0.717) is 5.02 Å². The summed E-state index contributed by atoms with van der Waals surface area (Å²) in [5.41, 5.74) is 0.871. The van der Waals surface area contributed by atoms with Crippen molar-refractivity contribution >= 4 is 34.2 Å². The van der Waals surface area contributed by atoms with Gasteiger partial charge in [-0.3, -0.25) is 4.79 Å². The molecule has 1 aliphatic carbocycles. The summed E-state index contributed by atoms with van der Waals surface area (Å²) in [6, 6.07) is 6.03. The zero-order valence-corrected chi connectivity index (χ0v) is 15.7. The Kier molecular flexibility index (Phi) is 5.25. The number of carbonyl (C=O) groups is 1. The molecule has 2 fully saturated rings. The molecule has 0 atom stereocenters. The molecule has 1 N–H and O–H groups in total. The zero-order valence-electron chi connectivity index (χ0n) is 15.0. The van der Waals surface area contributed by atoms with Crippen LogP contribution in [0.5, 0.6) is 0 Å². The molecule has 1 saturated heterocycles. The van der Waals surface area contributed by atoms with Gasteiger partial charge in [0.05, 0.1) is 5.52 Å². The maximum absolute atomic E-state index is 12.5. The molecule has 0 unspecified atom stereocenters. The number of hydrogen-bond acceptors (Lipinski definition) is 4. The van der Waals surface area contributed by atoms with Gasteiger partial charge >= 0.3 is 0 Å². The van der Waals surface area contributed by atoms with Crippen molar-refractivity contribution in [2.45, 2.75) is 51.0 Å². The summed E-state index contributed by atoms with van der Waals surface area (Å²) in [7, 11) is 0. The molecule has 1 aromatic heterocycles. The first-order chi connectivity index (χ1) is 12.7. The average molecular weight is 373 g/mol. The second kappa shape index (κ2) is 7.78. The number of fused-ring (bicyclic) bond motifs is 1. The molecule has 2 heterocycles. The molecule has 138 valence electrons. The van der Waals surface area contributed by atoms with Crippen molar-refractivity contribution in [1.82, 2.24) is 15.3 Å². The van der Waals surface area contributed by atoms with Crippen LogP contribution in [0.2, 0.25) is 5.02 Å². The van der Waals surface area contributed by atoms with E-state index >= 15 is 0 Å². The molecule has 6 heteroatoms. The lowest BCUT2D eigenvalue weighted by Crippen LogP contribution is -2.46. The van der Waals surface area contributed by atoms with Gasteiger partial charge in [0.1, 0.15) is 12.1 Å². The fourth-order valence-electron chi connectivity index (χ4n) is 4.19. The van der Waals surface area contributed by atoms with Crippen LogP contribution < -0.4 is 10.2 Å². The standard InChI is InChI=1S/C20H25ClN4O/c21-15-6-7-17-18(12-15)22-13-23-19(17)25-10-8-16(9-11-25)24-20(26)14-4-2-1-3-5-14/h6-7,12-14,16H,1-5,8-11H2,(H,24,26). The van der Waals surface area contributed by atoms with Gasteiger partial charge in [-0.2, -0.15) is 0 Å². The van der Waals surface area contributed by atoms with Crippen LogP contribution in [0.1, 0.15) is 44.9 Å². The number of carbonyl (C=O) groups excluding carboxylic acids is 1. The normalized spacial score (nSPS) is 19.7. The quantitative estimate of drug-likeness (QED) is 0.886. The predicted octanol–water partition coefficient (Wildman–Crippen LogP) is 3.95. The summed E-state index contributed by atoms with van der Waals surface area (Å²) < 4.78 is 0. The van der Waals surface area contributed by atoms with Crippen LogP contribution in [0, 0.1) is 5.92 Å². The summed E-state index contributed by atoms with van der Waals surface area (Å²) in [5, 5.41) is 5.01. The molecule has 0 spiro atoms. The monoisotopic (exact) mass is 372 g/mol. The minimum absolute atomic E-state index is 0.234. The highest BCUT2D eigenvalue weighted by atomic mass is 35.5.